The number of halogens is 1. The second-order valence-corrected chi connectivity index (χ2v) is 44.5. The van der Waals surface area contributed by atoms with Gasteiger partial charge in [-0.25, -0.2) is 19.9 Å². The largest absolute Gasteiger partial charge is 0.441 e. The zero-order chi connectivity index (χ0) is 97.0. The first-order valence-electron chi connectivity index (χ1n) is 53.8. The Hall–Kier alpha value is -7.63. The fourth-order valence-corrected chi connectivity index (χ4v) is 23.8. The Kier molecular flexibility index (Phi) is 41.6. The Morgan fingerprint density at radius 2 is 0.591 bits per heavy atom. The van der Waals surface area contributed by atoms with Gasteiger partial charge in [0.05, 0.1) is 22.8 Å². The SMILES string of the molecule is CCc1ccccc1-c1nc(CN2CCC(C(=O)CCCCN3C[C@H](C)C[C@H](C)C3)CC2)c(C)o1.Cc1ccc(-c2nc(CN3CCC(C(=O)CCCCN4C[C@H](C)C[C@H](C)C4)CC3)c(C)o2)cc1.Cc1cccc(-c2nc(CN3CCC(C(=O)CCCCN4C[C@H](C)C[C@H](C)C4)CC3)c(C)o2)c1.Cc1oc(-c2ccc(Cl)cc2)nc1CN1CCC(C(=O)CCCCN2C[C@H](C)C[C@H](C)C2)CC1. The Labute approximate surface area is 828 Å². The molecule has 0 unspecified atom stereocenters. The lowest BCUT2D eigenvalue weighted by Crippen LogP contribution is -2.39. The van der Waals surface area contributed by atoms with Crippen LogP contribution in [0.15, 0.2) is 115 Å². The molecule has 8 fully saturated rings. The number of ketones is 4. The summed E-state index contributed by atoms with van der Waals surface area (Å²) >= 11 is 5.99. The van der Waals surface area contributed by atoms with Crippen molar-refractivity contribution in [1.29, 1.82) is 0 Å². The molecule has 4 aromatic carbocycles. The van der Waals surface area contributed by atoms with Gasteiger partial charge in [0, 0.05) is 155 Å². The summed E-state index contributed by atoms with van der Waals surface area (Å²) in [6, 6.07) is 32.5. The number of unbranched alkanes of at least 4 members (excludes halogenated alkanes) is 4. The molecule has 0 spiro atoms. The van der Waals surface area contributed by atoms with Gasteiger partial charge in [0.15, 0.2) is 0 Å². The van der Waals surface area contributed by atoms with Crippen molar-refractivity contribution in [3.05, 3.63) is 165 Å². The molecule has 0 bridgehead atoms. The van der Waals surface area contributed by atoms with Crippen molar-refractivity contribution in [2.24, 2.45) is 71.0 Å². The number of benzene rings is 4. The van der Waals surface area contributed by atoms with Crippen molar-refractivity contribution in [3.63, 3.8) is 0 Å². The van der Waals surface area contributed by atoms with E-state index < -0.39 is 0 Å². The summed E-state index contributed by atoms with van der Waals surface area (Å²) < 4.78 is 23.9. The van der Waals surface area contributed by atoms with Crippen LogP contribution in [0, 0.1) is 113 Å². The highest BCUT2D eigenvalue weighted by atomic mass is 35.5. The predicted molar refractivity (Wildman–Crippen MR) is 556 cm³/mol. The van der Waals surface area contributed by atoms with Crippen LogP contribution in [-0.2, 0) is 51.8 Å². The number of likely N-dealkylation sites (tertiary alicyclic amines) is 8. The number of piperidine rings is 8. The van der Waals surface area contributed by atoms with Gasteiger partial charge in [-0.2, -0.15) is 0 Å². The first-order valence-corrected chi connectivity index (χ1v) is 54.1. The molecular formula is C116H171ClN12O8. The smallest absolute Gasteiger partial charge is 0.226 e. The molecule has 0 amide bonds. The molecule has 12 heterocycles. The highest BCUT2D eigenvalue weighted by Gasteiger charge is 2.34. The Morgan fingerprint density at radius 3 is 0.891 bits per heavy atom. The van der Waals surface area contributed by atoms with E-state index in [0.717, 1.165) is 361 Å². The average Bonchev–Trinajstić information content (AvgIpc) is 1.68. The summed E-state index contributed by atoms with van der Waals surface area (Å²) in [5.41, 5.74) is 11.8. The van der Waals surface area contributed by atoms with Gasteiger partial charge in [0.1, 0.15) is 46.2 Å². The zero-order valence-corrected chi connectivity index (χ0v) is 87.6. The predicted octanol–water partition coefficient (Wildman–Crippen LogP) is 24.1. The number of carbonyl (C=O) groups is 4. The summed E-state index contributed by atoms with van der Waals surface area (Å²) in [5, 5.41) is 0.705. The average molecular weight is 1900 g/mol. The second-order valence-electron chi connectivity index (χ2n) is 44.1. The number of hydrogen-bond acceptors (Lipinski definition) is 20. The number of oxazole rings is 4. The van der Waals surface area contributed by atoms with Gasteiger partial charge in [-0.05, 0) is 362 Å². The topological polar surface area (TPSA) is 198 Å². The second kappa shape index (κ2) is 53.5. The summed E-state index contributed by atoms with van der Waals surface area (Å²) in [5.74, 6) is 15.7. The molecular weight excluding hydrogens is 1720 g/mol. The maximum Gasteiger partial charge on any atom is 0.226 e. The van der Waals surface area contributed by atoms with E-state index in [0.29, 0.717) is 45.8 Å². The van der Waals surface area contributed by atoms with Crippen molar-refractivity contribution in [1.82, 2.24) is 59.1 Å². The molecule has 0 saturated carbocycles. The summed E-state index contributed by atoms with van der Waals surface area (Å²) in [7, 11) is 0. The monoisotopic (exact) mass is 1900 g/mol. The van der Waals surface area contributed by atoms with E-state index in [4.69, 9.17) is 49.2 Å². The lowest BCUT2D eigenvalue weighted by Gasteiger charge is -2.35. The van der Waals surface area contributed by atoms with Crippen LogP contribution >= 0.6 is 11.6 Å². The van der Waals surface area contributed by atoms with Gasteiger partial charge in [0.2, 0.25) is 23.6 Å². The Balaban J connectivity index is 0.000000154. The minimum absolute atomic E-state index is 0.231. The summed E-state index contributed by atoms with van der Waals surface area (Å²) in [6.45, 7) is 58.6. The van der Waals surface area contributed by atoms with E-state index in [9.17, 15) is 19.2 Å². The maximum absolute atomic E-state index is 12.8. The Morgan fingerprint density at radius 1 is 0.314 bits per heavy atom. The van der Waals surface area contributed by atoms with Gasteiger partial charge in [0.25, 0.3) is 0 Å². The van der Waals surface area contributed by atoms with Crippen LogP contribution < -0.4 is 0 Å². The molecule has 750 valence electrons. The normalized spacial score (nSPS) is 22.7. The van der Waals surface area contributed by atoms with Crippen LogP contribution in [0.1, 0.15) is 279 Å². The molecule has 8 aliphatic heterocycles. The Bertz CT molecular complexity index is 4810. The van der Waals surface area contributed by atoms with Crippen molar-refractivity contribution in [3.8, 4) is 45.8 Å². The van der Waals surface area contributed by atoms with E-state index in [-0.39, 0.29) is 23.7 Å². The van der Waals surface area contributed by atoms with Crippen LogP contribution in [0.25, 0.3) is 45.8 Å². The molecule has 16 rings (SSSR count). The van der Waals surface area contributed by atoms with Crippen molar-refractivity contribution < 1.29 is 36.8 Å². The number of rotatable bonds is 37. The molecule has 21 heteroatoms. The van der Waals surface area contributed by atoms with E-state index in [2.05, 4.69) is 170 Å². The van der Waals surface area contributed by atoms with Crippen LogP contribution in [0.4, 0.5) is 0 Å². The standard InChI is InChI=1S/C30H45N3O2.2C29H43N3O2.C28H40ClN3O2/c1-5-25-10-6-7-11-27(25)30-31-28(24(4)35-30)21-32-16-13-26(14-17-32)29(34)12-8-9-15-33-19-22(2)18-23(3)20-33;1-21-8-7-9-26(17-21)29-30-27(24(4)34-29)20-31-14-11-25(12-15-31)28(33)10-5-6-13-32-18-22(2)16-23(3)19-32;1-21-8-10-26(11-9-21)29-30-27(24(4)34-29)20-31-15-12-25(13-16-31)28(33)7-5-6-14-32-18-22(2)17-23(3)19-32;1-20-16-21(2)18-32(17-20)13-5-4-6-27(33)23-11-14-31(15-12-23)19-26-22(3)34-28(30-26)24-7-9-25(29)10-8-24/h6-7,10-11,22-23,26H,5,8-9,12-21H2,1-4H3;7-9,17,22-23,25H,5-6,10-16,18-20H2,1-4H3;8-11,22-23,25H,5-7,12-20H2,1-4H3;7-10,20-21,23H,4-6,11-19H2,1-3H3/t3*22-,23+;20-,21+. The summed E-state index contributed by atoms with van der Waals surface area (Å²) in [6.07, 6.45) is 25.9. The summed E-state index contributed by atoms with van der Waals surface area (Å²) in [4.78, 5) is 90.5. The third kappa shape index (κ3) is 33.5. The van der Waals surface area contributed by atoms with Crippen LogP contribution in [0.2, 0.25) is 5.02 Å². The molecule has 8 aliphatic rings. The van der Waals surface area contributed by atoms with Gasteiger partial charge in [-0.3, -0.25) is 38.8 Å². The minimum Gasteiger partial charge on any atom is -0.441 e. The highest BCUT2D eigenvalue weighted by molar-refractivity contribution is 6.30. The third-order valence-electron chi connectivity index (χ3n) is 30.9. The van der Waals surface area contributed by atoms with Gasteiger partial charge >= 0.3 is 0 Å². The van der Waals surface area contributed by atoms with Gasteiger partial charge < -0.3 is 37.3 Å². The highest BCUT2D eigenvalue weighted by Crippen LogP contribution is 2.36. The van der Waals surface area contributed by atoms with Crippen molar-refractivity contribution in [2.45, 2.75) is 291 Å². The lowest BCUT2D eigenvalue weighted by atomic mass is 9.89. The lowest BCUT2D eigenvalue weighted by molar-refractivity contribution is -0.125. The van der Waals surface area contributed by atoms with Gasteiger partial charge in [-0.1, -0.05) is 128 Å². The molecule has 0 N–H and O–H groups in total. The first kappa shape index (κ1) is 107. The number of nitrogens with zero attached hydrogens (tertiary/aromatic N) is 12. The first-order chi connectivity index (χ1) is 66.0. The number of hydrogen-bond donors (Lipinski definition) is 0. The number of aromatic nitrogens is 4. The van der Waals surface area contributed by atoms with Crippen LogP contribution in [-0.4, -0.2) is 213 Å². The van der Waals surface area contributed by atoms with E-state index in [1.54, 1.807) is 0 Å². The molecule has 8 aromatic rings. The molecule has 4 aromatic heterocycles. The van der Waals surface area contributed by atoms with E-state index >= 15 is 0 Å². The number of carbonyl (C=O) groups excluding carboxylic acids is 4. The molecule has 20 nitrogen and oxygen atoms in total. The van der Waals surface area contributed by atoms with Crippen LogP contribution in [0.3, 0.4) is 0 Å². The molecule has 0 aliphatic carbocycles. The fourth-order valence-electron chi connectivity index (χ4n) is 23.6. The van der Waals surface area contributed by atoms with Gasteiger partial charge in [-0.15, -0.1) is 0 Å². The number of aryl methyl sites for hydroxylation is 7. The maximum atomic E-state index is 12.8. The third-order valence-corrected chi connectivity index (χ3v) is 31.1. The van der Waals surface area contributed by atoms with Crippen molar-refractivity contribution in [2.75, 3.05) is 131 Å². The molecule has 137 heavy (non-hydrogen) atoms. The molecule has 0 radical (unpaired) electrons. The molecule has 8 atom stereocenters. The van der Waals surface area contributed by atoms with E-state index in [1.807, 2.05) is 70.2 Å². The van der Waals surface area contributed by atoms with Crippen molar-refractivity contribution >= 4 is 34.7 Å². The fraction of sp³-hybridized carbons (Fsp3) is 0.655. The molecule has 8 saturated heterocycles. The minimum atomic E-state index is 0.231. The quantitative estimate of drug-likeness (QED) is 0.0333. The van der Waals surface area contributed by atoms with Crippen LogP contribution in [0.5, 0.6) is 0 Å². The number of Topliss-reactive ketones (excluding diaryl/α,β-unsaturated/α-hetero) is 4. The van der Waals surface area contributed by atoms with E-state index in [1.165, 1.54) is 94.7 Å². The zero-order valence-electron chi connectivity index (χ0n) is 86.8.